The summed E-state index contributed by atoms with van der Waals surface area (Å²) >= 11 is 0. The van der Waals surface area contributed by atoms with Gasteiger partial charge in [-0.25, -0.2) is 0 Å². The average molecular weight is 161 g/mol. The molecule has 11 heavy (non-hydrogen) atoms. The zero-order chi connectivity index (χ0) is 8.53. The first-order valence-corrected chi connectivity index (χ1v) is 3.86. The van der Waals surface area contributed by atoms with Crippen molar-refractivity contribution in [1.29, 1.82) is 0 Å². The molecule has 4 nitrogen and oxygen atoms in total. The van der Waals surface area contributed by atoms with E-state index in [1.165, 1.54) is 0 Å². The highest BCUT2D eigenvalue weighted by Crippen LogP contribution is 1.90. The van der Waals surface area contributed by atoms with E-state index in [0.29, 0.717) is 6.61 Å². The second-order valence-electron chi connectivity index (χ2n) is 2.39. The van der Waals surface area contributed by atoms with Crippen LogP contribution >= 0.6 is 0 Å². The van der Waals surface area contributed by atoms with Crippen LogP contribution in [0.2, 0.25) is 0 Å². The van der Waals surface area contributed by atoms with E-state index < -0.39 is 6.10 Å². The summed E-state index contributed by atoms with van der Waals surface area (Å²) in [6, 6.07) is 0. The lowest BCUT2D eigenvalue weighted by Gasteiger charge is -2.06. The summed E-state index contributed by atoms with van der Waals surface area (Å²) in [7, 11) is 0. The molecule has 0 rings (SSSR count). The van der Waals surface area contributed by atoms with Crippen molar-refractivity contribution in [2.75, 3.05) is 19.8 Å². The molecule has 1 N–H and O–H groups in total. The SMILES string of the molecule is CCCCOCC(O)CN=O. The van der Waals surface area contributed by atoms with Crippen LogP contribution in [0, 0.1) is 4.91 Å². The van der Waals surface area contributed by atoms with E-state index in [1.807, 2.05) is 0 Å². The number of unbranched alkanes of at least 4 members (excludes halogenated alkanes) is 1. The summed E-state index contributed by atoms with van der Waals surface area (Å²) in [5, 5.41) is 11.5. The molecule has 1 atom stereocenters. The van der Waals surface area contributed by atoms with E-state index in [0.717, 1.165) is 12.8 Å². The summed E-state index contributed by atoms with van der Waals surface area (Å²) in [5.41, 5.74) is 0. The topological polar surface area (TPSA) is 58.9 Å². The number of rotatable bonds is 7. The maximum atomic E-state index is 9.64. The summed E-state index contributed by atoms with van der Waals surface area (Å²) in [4.78, 5) is 9.64. The van der Waals surface area contributed by atoms with Gasteiger partial charge in [-0.05, 0) is 6.42 Å². The molecule has 0 aliphatic heterocycles. The summed E-state index contributed by atoms with van der Waals surface area (Å²) in [6.45, 7) is 2.84. The Morgan fingerprint density at radius 3 is 2.91 bits per heavy atom. The number of nitroso groups, excluding NO2 is 1. The molecule has 0 heterocycles. The molecule has 0 spiro atoms. The molecular weight excluding hydrogens is 146 g/mol. The lowest BCUT2D eigenvalue weighted by Crippen LogP contribution is -2.18. The molecule has 0 fully saturated rings. The van der Waals surface area contributed by atoms with E-state index in [4.69, 9.17) is 9.84 Å². The molecular formula is C7H15NO3. The molecule has 0 saturated carbocycles. The predicted octanol–water partition coefficient (Wildman–Crippen LogP) is 0.930. The Morgan fingerprint density at radius 1 is 1.64 bits per heavy atom. The molecule has 1 unspecified atom stereocenters. The van der Waals surface area contributed by atoms with E-state index in [2.05, 4.69) is 12.1 Å². The van der Waals surface area contributed by atoms with Crippen LogP contribution in [0.25, 0.3) is 0 Å². The van der Waals surface area contributed by atoms with Crippen LogP contribution in [0.4, 0.5) is 0 Å². The van der Waals surface area contributed by atoms with Gasteiger partial charge in [0.15, 0.2) is 0 Å². The second-order valence-corrected chi connectivity index (χ2v) is 2.39. The minimum Gasteiger partial charge on any atom is -0.389 e. The van der Waals surface area contributed by atoms with Gasteiger partial charge in [0.1, 0.15) is 12.6 Å². The smallest absolute Gasteiger partial charge is 0.109 e. The van der Waals surface area contributed by atoms with Crippen molar-refractivity contribution in [3.8, 4) is 0 Å². The fourth-order valence-electron chi connectivity index (χ4n) is 0.605. The highest BCUT2D eigenvalue weighted by atomic mass is 16.5. The highest BCUT2D eigenvalue weighted by molar-refractivity contribution is 4.55. The largest absolute Gasteiger partial charge is 0.389 e. The predicted molar refractivity (Wildman–Crippen MR) is 42.4 cm³/mol. The van der Waals surface area contributed by atoms with Crippen molar-refractivity contribution in [3.05, 3.63) is 4.91 Å². The minimum atomic E-state index is -0.732. The first kappa shape index (κ1) is 10.5. The van der Waals surface area contributed by atoms with Crippen LogP contribution in [-0.4, -0.2) is 31.0 Å². The highest BCUT2D eigenvalue weighted by Gasteiger charge is 2.02. The van der Waals surface area contributed by atoms with Gasteiger partial charge in [0.05, 0.1) is 6.61 Å². The van der Waals surface area contributed by atoms with Crippen LogP contribution in [0.3, 0.4) is 0 Å². The molecule has 0 aromatic rings. The molecule has 66 valence electrons. The first-order valence-electron chi connectivity index (χ1n) is 3.86. The standard InChI is InChI=1S/C7H15NO3/c1-2-3-4-11-6-7(9)5-8-10/h7,9H,2-6H2,1H3. The van der Waals surface area contributed by atoms with Crippen molar-refractivity contribution in [3.63, 3.8) is 0 Å². The van der Waals surface area contributed by atoms with Gasteiger partial charge >= 0.3 is 0 Å². The number of hydrogen-bond donors (Lipinski definition) is 1. The van der Waals surface area contributed by atoms with E-state index in [-0.39, 0.29) is 13.2 Å². The molecule has 0 aliphatic carbocycles. The van der Waals surface area contributed by atoms with Gasteiger partial charge in [0, 0.05) is 6.61 Å². The fraction of sp³-hybridized carbons (Fsp3) is 1.00. The van der Waals surface area contributed by atoms with Gasteiger partial charge < -0.3 is 9.84 Å². The Morgan fingerprint density at radius 2 is 2.36 bits per heavy atom. The Hall–Kier alpha value is -0.480. The maximum absolute atomic E-state index is 9.64. The van der Waals surface area contributed by atoms with Crippen molar-refractivity contribution < 1.29 is 9.84 Å². The number of nitrogens with zero attached hydrogens (tertiary/aromatic N) is 1. The summed E-state index contributed by atoms with van der Waals surface area (Å²) < 4.78 is 5.04. The monoisotopic (exact) mass is 161 g/mol. The van der Waals surface area contributed by atoms with Gasteiger partial charge in [0.25, 0.3) is 0 Å². The van der Waals surface area contributed by atoms with E-state index >= 15 is 0 Å². The molecule has 4 heteroatoms. The maximum Gasteiger partial charge on any atom is 0.109 e. The third-order valence-corrected chi connectivity index (χ3v) is 1.24. The second kappa shape index (κ2) is 7.63. The lowest BCUT2D eigenvalue weighted by atomic mass is 10.3. The zero-order valence-electron chi connectivity index (χ0n) is 6.82. The summed E-state index contributed by atoms with van der Waals surface area (Å²) in [5.74, 6) is 0. The van der Waals surface area contributed by atoms with Gasteiger partial charge in [-0.2, -0.15) is 4.91 Å². The molecule has 0 aromatic heterocycles. The van der Waals surface area contributed by atoms with Gasteiger partial charge in [-0.3, -0.25) is 0 Å². The Kier molecular flexibility index (Phi) is 7.29. The van der Waals surface area contributed by atoms with Crippen LogP contribution < -0.4 is 0 Å². The summed E-state index contributed by atoms with van der Waals surface area (Å²) in [6.07, 6.45) is 1.33. The number of aliphatic hydroxyl groups is 1. The number of ether oxygens (including phenoxy) is 1. The van der Waals surface area contributed by atoms with Crippen LogP contribution in [0.5, 0.6) is 0 Å². The molecule has 0 aromatic carbocycles. The average Bonchev–Trinajstić information content (AvgIpc) is 1.99. The van der Waals surface area contributed by atoms with Crippen LogP contribution in [-0.2, 0) is 4.74 Å². The van der Waals surface area contributed by atoms with Gasteiger partial charge in [0.2, 0.25) is 0 Å². The van der Waals surface area contributed by atoms with Crippen molar-refractivity contribution in [2.45, 2.75) is 25.9 Å². The van der Waals surface area contributed by atoms with E-state index in [1.54, 1.807) is 0 Å². The number of aliphatic hydroxyl groups excluding tert-OH is 1. The van der Waals surface area contributed by atoms with Gasteiger partial charge in [-0.1, -0.05) is 18.5 Å². The third-order valence-electron chi connectivity index (χ3n) is 1.24. The molecule has 0 radical (unpaired) electrons. The number of hydrogen-bond acceptors (Lipinski definition) is 4. The first-order chi connectivity index (χ1) is 5.31. The van der Waals surface area contributed by atoms with Crippen LogP contribution in [0.15, 0.2) is 5.18 Å². The molecule has 0 amide bonds. The van der Waals surface area contributed by atoms with Gasteiger partial charge in [-0.15, -0.1) is 0 Å². The normalized spacial score (nSPS) is 12.9. The lowest BCUT2D eigenvalue weighted by molar-refractivity contribution is 0.0402. The Balaban J connectivity index is 3.03. The Labute approximate surface area is 66.5 Å². The van der Waals surface area contributed by atoms with Crippen molar-refractivity contribution in [2.24, 2.45) is 5.18 Å². The third kappa shape index (κ3) is 7.42. The molecule has 0 bridgehead atoms. The van der Waals surface area contributed by atoms with Crippen molar-refractivity contribution in [1.82, 2.24) is 0 Å². The Bertz CT molecular complexity index is 97.7. The fourth-order valence-corrected chi connectivity index (χ4v) is 0.605. The van der Waals surface area contributed by atoms with Crippen molar-refractivity contribution >= 4 is 0 Å². The minimum absolute atomic E-state index is 0.0773. The quantitative estimate of drug-likeness (QED) is 0.446. The molecule has 0 aliphatic rings. The zero-order valence-corrected chi connectivity index (χ0v) is 6.82. The van der Waals surface area contributed by atoms with Crippen LogP contribution in [0.1, 0.15) is 19.8 Å². The molecule has 0 saturated heterocycles. The van der Waals surface area contributed by atoms with E-state index in [9.17, 15) is 4.91 Å².